The van der Waals surface area contributed by atoms with Gasteiger partial charge in [0, 0.05) is 23.7 Å². The number of ether oxygens (including phenoxy) is 2. The molecule has 0 unspecified atom stereocenters. The molecule has 0 bridgehead atoms. The lowest BCUT2D eigenvalue weighted by Gasteiger charge is -2.10. The number of fused-ring (bicyclic) bond motifs is 2. The summed E-state index contributed by atoms with van der Waals surface area (Å²) >= 11 is 1.68. The van der Waals surface area contributed by atoms with Crippen molar-refractivity contribution in [2.45, 2.75) is 19.8 Å². The maximum absolute atomic E-state index is 5.49. The molecule has 5 rings (SSSR count). The molecule has 146 valence electrons. The molecule has 6 nitrogen and oxygen atoms in total. The van der Waals surface area contributed by atoms with Crippen molar-refractivity contribution in [1.82, 2.24) is 15.0 Å². The van der Waals surface area contributed by atoms with E-state index >= 15 is 0 Å². The van der Waals surface area contributed by atoms with Crippen molar-refractivity contribution in [3.05, 3.63) is 69.9 Å². The molecule has 29 heavy (non-hydrogen) atoms. The Morgan fingerprint density at radius 2 is 1.90 bits per heavy atom. The van der Waals surface area contributed by atoms with Crippen LogP contribution in [0.25, 0.3) is 10.9 Å². The molecule has 0 fully saturated rings. The summed E-state index contributed by atoms with van der Waals surface area (Å²) < 4.78 is 10.9. The number of nitrogens with one attached hydrogen (secondary N) is 1. The molecule has 0 atom stereocenters. The number of benzene rings is 2. The quantitative estimate of drug-likeness (QED) is 0.515. The largest absolute Gasteiger partial charge is 0.454 e. The van der Waals surface area contributed by atoms with Crippen LogP contribution in [0.15, 0.2) is 48.1 Å². The van der Waals surface area contributed by atoms with Crippen molar-refractivity contribution >= 4 is 28.1 Å². The van der Waals surface area contributed by atoms with Crippen LogP contribution in [0.5, 0.6) is 11.5 Å². The van der Waals surface area contributed by atoms with Gasteiger partial charge in [0.05, 0.1) is 16.2 Å². The Hall–Kier alpha value is -3.19. The monoisotopic (exact) mass is 404 g/mol. The molecule has 0 amide bonds. The van der Waals surface area contributed by atoms with E-state index in [0.29, 0.717) is 6.79 Å². The van der Waals surface area contributed by atoms with Crippen molar-refractivity contribution in [2.24, 2.45) is 0 Å². The summed E-state index contributed by atoms with van der Waals surface area (Å²) in [4.78, 5) is 13.4. The Balaban J connectivity index is 1.35. The van der Waals surface area contributed by atoms with E-state index in [2.05, 4.69) is 43.8 Å². The van der Waals surface area contributed by atoms with Crippen LogP contribution in [0.3, 0.4) is 0 Å². The predicted molar refractivity (Wildman–Crippen MR) is 114 cm³/mol. The van der Waals surface area contributed by atoms with Crippen LogP contribution in [-0.4, -0.2) is 28.3 Å². The fraction of sp³-hybridized carbons (Fsp3) is 0.227. The normalized spacial score (nSPS) is 12.4. The average Bonchev–Trinajstić information content (AvgIpc) is 3.36. The van der Waals surface area contributed by atoms with Crippen LogP contribution in [0.1, 0.15) is 21.8 Å². The highest BCUT2D eigenvalue weighted by Gasteiger charge is 2.13. The third-order valence-corrected chi connectivity index (χ3v) is 5.71. The van der Waals surface area contributed by atoms with Gasteiger partial charge in [0.2, 0.25) is 6.79 Å². The lowest BCUT2D eigenvalue weighted by atomic mass is 10.0. The molecule has 7 heteroatoms. The van der Waals surface area contributed by atoms with E-state index in [-0.39, 0.29) is 0 Å². The smallest absolute Gasteiger partial charge is 0.231 e. The SMILES string of the molecule is Cc1nc(CCNc2ncnc3ccc(Cc4ccc5c(c4)OCO5)cc23)cs1. The second-order valence-electron chi connectivity index (χ2n) is 6.97. The number of aromatic nitrogens is 3. The number of rotatable bonds is 6. The molecular weight excluding hydrogens is 384 g/mol. The maximum Gasteiger partial charge on any atom is 0.231 e. The topological polar surface area (TPSA) is 69.2 Å². The first-order valence-electron chi connectivity index (χ1n) is 9.52. The van der Waals surface area contributed by atoms with Crippen molar-refractivity contribution in [2.75, 3.05) is 18.7 Å². The van der Waals surface area contributed by atoms with Crippen LogP contribution in [0, 0.1) is 6.92 Å². The van der Waals surface area contributed by atoms with E-state index < -0.39 is 0 Å². The molecule has 4 aromatic rings. The zero-order valence-electron chi connectivity index (χ0n) is 16.0. The number of aryl methyl sites for hydroxylation is 1. The third-order valence-electron chi connectivity index (χ3n) is 4.89. The number of hydrogen-bond donors (Lipinski definition) is 1. The molecule has 1 aliphatic rings. The first-order chi connectivity index (χ1) is 14.2. The molecule has 0 saturated carbocycles. The van der Waals surface area contributed by atoms with Crippen molar-refractivity contribution in [1.29, 1.82) is 0 Å². The minimum Gasteiger partial charge on any atom is -0.454 e. The van der Waals surface area contributed by atoms with Crippen molar-refractivity contribution in [3.8, 4) is 11.5 Å². The molecule has 2 aromatic carbocycles. The number of anilines is 1. The molecule has 1 N–H and O–H groups in total. The van der Waals surface area contributed by atoms with Crippen LogP contribution in [0.2, 0.25) is 0 Å². The van der Waals surface area contributed by atoms with Gasteiger partial charge in [0.15, 0.2) is 11.5 Å². The van der Waals surface area contributed by atoms with Gasteiger partial charge in [-0.25, -0.2) is 15.0 Å². The van der Waals surface area contributed by atoms with E-state index in [1.54, 1.807) is 17.7 Å². The van der Waals surface area contributed by atoms with Crippen LogP contribution in [0.4, 0.5) is 5.82 Å². The number of thiazole rings is 1. The van der Waals surface area contributed by atoms with Crippen molar-refractivity contribution < 1.29 is 9.47 Å². The summed E-state index contributed by atoms with van der Waals surface area (Å²) in [7, 11) is 0. The zero-order chi connectivity index (χ0) is 19.6. The van der Waals surface area contributed by atoms with Gasteiger partial charge >= 0.3 is 0 Å². The Labute approximate surface area is 172 Å². The Bertz CT molecular complexity index is 1170. The maximum atomic E-state index is 5.49. The minimum absolute atomic E-state index is 0.293. The van der Waals surface area contributed by atoms with Gasteiger partial charge < -0.3 is 14.8 Å². The van der Waals surface area contributed by atoms with Gasteiger partial charge in [-0.05, 0) is 48.7 Å². The van der Waals surface area contributed by atoms with Gasteiger partial charge in [-0.2, -0.15) is 0 Å². The Morgan fingerprint density at radius 3 is 2.79 bits per heavy atom. The van der Waals surface area contributed by atoms with E-state index in [9.17, 15) is 0 Å². The van der Waals surface area contributed by atoms with E-state index in [0.717, 1.165) is 58.3 Å². The van der Waals surface area contributed by atoms with Crippen LogP contribution >= 0.6 is 11.3 Å². The fourth-order valence-corrected chi connectivity index (χ4v) is 4.12. The summed E-state index contributed by atoms with van der Waals surface area (Å²) in [6.45, 7) is 3.10. The Morgan fingerprint density at radius 1 is 1.03 bits per heavy atom. The summed E-state index contributed by atoms with van der Waals surface area (Å²) in [5, 5.41) is 7.68. The lowest BCUT2D eigenvalue weighted by molar-refractivity contribution is 0.174. The first kappa shape index (κ1) is 17.9. The lowest BCUT2D eigenvalue weighted by Crippen LogP contribution is -2.07. The predicted octanol–water partition coefficient (Wildman–Crippen LogP) is 4.37. The summed E-state index contributed by atoms with van der Waals surface area (Å²) in [6.07, 6.45) is 3.28. The third kappa shape index (κ3) is 3.86. The zero-order valence-corrected chi connectivity index (χ0v) is 16.8. The molecule has 0 saturated heterocycles. The van der Waals surface area contributed by atoms with E-state index in [1.165, 1.54) is 11.1 Å². The summed E-state index contributed by atoms with van der Waals surface area (Å²) in [6, 6.07) is 12.4. The van der Waals surface area contributed by atoms with Gasteiger partial charge in [0.25, 0.3) is 0 Å². The van der Waals surface area contributed by atoms with Crippen molar-refractivity contribution in [3.63, 3.8) is 0 Å². The van der Waals surface area contributed by atoms with Gasteiger partial charge in [-0.3, -0.25) is 0 Å². The van der Waals surface area contributed by atoms with Crippen LogP contribution < -0.4 is 14.8 Å². The highest BCUT2D eigenvalue weighted by molar-refractivity contribution is 7.09. The molecule has 0 spiro atoms. The molecular formula is C22H20N4O2S. The Kier molecular flexibility index (Phi) is 4.73. The highest BCUT2D eigenvalue weighted by Crippen LogP contribution is 2.33. The molecule has 1 aliphatic heterocycles. The van der Waals surface area contributed by atoms with E-state index in [4.69, 9.17) is 9.47 Å². The molecule has 2 aromatic heterocycles. The highest BCUT2D eigenvalue weighted by atomic mass is 32.1. The molecule has 0 radical (unpaired) electrons. The standard InChI is InChI=1S/C22H20N4O2S/c1-14-26-17(11-29-14)6-7-23-22-18-9-15(2-4-19(18)24-12-25-22)8-16-3-5-20-21(10-16)28-13-27-20/h2-5,9-12H,6-8,13H2,1H3,(H,23,24,25). The van der Waals surface area contributed by atoms with E-state index in [1.807, 2.05) is 25.1 Å². The number of nitrogens with zero attached hydrogens (tertiary/aromatic N) is 3. The molecule has 0 aliphatic carbocycles. The minimum atomic E-state index is 0.293. The fourth-order valence-electron chi connectivity index (χ4n) is 3.47. The second kappa shape index (κ2) is 7.67. The summed E-state index contributed by atoms with van der Waals surface area (Å²) in [5.74, 6) is 2.48. The van der Waals surface area contributed by atoms with Gasteiger partial charge in [-0.15, -0.1) is 11.3 Å². The number of hydrogen-bond acceptors (Lipinski definition) is 7. The van der Waals surface area contributed by atoms with Gasteiger partial charge in [0.1, 0.15) is 12.1 Å². The average molecular weight is 404 g/mol. The van der Waals surface area contributed by atoms with Gasteiger partial charge in [-0.1, -0.05) is 12.1 Å². The second-order valence-corrected chi connectivity index (χ2v) is 8.04. The molecule has 3 heterocycles. The first-order valence-corrected chi connectivity index (χ1v) is 10.4. The summed E-state index contributed by atoms with van der Waals surface area (Å²) in [5.41, 5.74) is 4.42. The van der Waals surface area contributed by atoms with Crippen LogP contribution in [-0.2, 0) is 12.8 Å².